The molecule has 50 heavy (non-hydrogen) atoms. The lowest BCUT2D eigenvalue weighted by atomic mass is 9.95. The van der Waals surface area contributed by atoms with Crippen molar-refractivity contribution in [3.05, 3.63) is 164 Å². The molecule has 10 rings (SSSR count). The molecule has 0 radical (unpaired) electrons. The van der Waals surface area contributed by atoms with E-state index in [1.54, 1.807) is 11.3 Å². The molecule has 0 fully saturated rings. The van der Waals surface area contributed by atoms with Gasteiger partial charge in [0, 0.05) is 42.1 Å². The molecule has 7 aromatic carbocycles. The Morgan fingerprint density at radius 1 is 0.360 bits per heavy atom. The minimum Gasteiger partial charge on any atom is -0.455 e. The average Bonchev–Trinajstić information content (AvgIpc) is 3.76. The van der Waals surface area contributed by atoms with Crippen LogP contribution in [0, 0.1) is 0 Å². The molecule has 0 saturated carbocycles. The predicted octanol–water partition coefficient (Wildman–Crippen LogP) is 12.5. The van der Waals surface area contributed by atoms with Crippen LogP contribution < -0.4 is 0 Å². The van der Waals surface area contributed by atoms with Crippen molar-refractivity contribution in [3.8, 4) is 56.4 Å². The first kappa shape index (κ1) is 28.6. The molecular formula is C45H27N3OS. The molecule has 0 bridgehead atoms. The molecule has 0 saturated heterocycles. The van der Waals surface area contributed by atoms with Gasteiger partial charge in [0.15, 0.2) is 17.5 Å². The molecule has 0 N–H and O–H groups in total. The number of furan rings is 1. The van der Waals surface area contributed by atoms with Crippen molar-refractivity contribution in [2.75, 3.05) is 0 Å². The van der Waals surface area contributed by atoms with E-state index in [1.165, 1.54) is 25.7 Å². The molecule has 0 aliphatic heterocycles. The molecule has 0 amide bonds. The summed E-state index contributed by atoms with van der Waals surface area (Å²) in [6.07, 6.45) is 0. The highest BCUT2D eigenvalue weighted by molar-refractivity contribution is 7.25. The van der Waals surface area contributed by atoms with E-state index in [4.69, 9.17) is 19.4 Å². The van der Waals surface area contributed by atoms with Crippen LogP contribution in [0.25, 0.3) is 98.5 Å². The van der Waals surface area contributed by atoms with Crippen molar-refractivity contribution in [1.29, 1.82) is 0 Å². The van der Waals surface area contributed by atoms with Crippen molar-refractivity contribution < 1.29 is 4.42 Å². The van der Waals surface area contributed by atoms with E-state index in [1.807, 2.05) is 36.4 Å². The van der Waals surface area contributed by atoms with Gasteiger partial charge in [-0.2, -0.15) is 0 Å². The van der Waals surface area contributed by atoms with Crippen LogP contribution in [0.15, 0.2) is 168 Å². The number of hydrogen-bond donors (Lipinski definition) is 0. The molecule has 10 aromatic rings. The van der Waals surface area contributed by atoms with E-state index in [-0.39, 0.29) is 0 Å². The molecular weight excluding hydrogens is 631 g/mol. The van der Waals surface area contributed by atoms with E-state index in [2.05, 4.69) is 127 Å². The standard InChI is InChI=1S/C45H27N3OS/c1-2-12-28(13-3-1)29-14-10-15-30(26-29)32-16-4-5-19-37(32)44-46-43(31-24-25-35-34-18-7-9-23-40(34)50-41(35)27-31)47-45(48-44)38-21-11-20-36-33-17-6-8-22-39(33)49-42(36)38/h1-27H. The zero-order chi connectivity index (χ0) is 33.0. The Morgan fingerprint density at radius 2 is 0.980 bits per heavy atom. The van der Waals surface area contributed by atoms with E-state index in [0.29, 0.717) is 17.5 Å². The molecule has 0 spiro atoms. The van der Waals surface area contributed by atoms with Crippen LogP contribution in [-0.2, 0) is 0 Å². The van der Waals surface area contributed by atoms with Gasteiger partial charge in [0.25, 0.3) is 0 Å². The number of para-hydroxylation sites is 2. The summed E-state index contributed by atoms with van der Waals surface area (Å²) in [6.45, 7) is 0. The smallest absolute Gasteiger partial charge is 0.167 e. The second-order valence-corrected chi connectivity index (χ2v) is 13.5. The van der Waals surface area contributed by atoms with Crippen LogP contribution in [0.2, 0.25) is 0 Å². The van der Waals surface area contributed by atoms with Crippen LogP contribution in [0.4, 0.5) is 0 Å². The summed E-state index contributed by atoms with van der Waals surface area (Å²) in [5, 5.41) is 4.60. The van der Waals surface area contributed by atoms with Gasteiger partial charge in [-0.05, 0) is 52.6 Å². The summed E-state index contributed by atoms with van der Waals surface area (Å²) in [7, 11) is 0. The van der Waals surface area contributed by atoms with Gasteiger partial charge < -0.3 is 4.42 Å². The lowest BCUT2D eigenvalue weighted by molar-refractivity contribution is 0.669. The summed E-state index contributed by atoms with van der Waals surface area (Å²) in [6, 6.07) is 56.9. The van der Waals surface area contributed by atoms with E-state index in [0.717, 1.165) is 55.3 Å². The Balaban J connectivity index is 1.20. The third-order valence-corrected chi connectivity index (χ3v) is 10.5. The minimum absolute atomic E-state index is 0.568. The van der Waals surface area contributed by atoms with Gasteiger partial charge in [-0.15, -0.1) is 11.3 Å². The van der Waals surface area contributed by atoms with E-state index >= 15 is 0 Å². The van der Waals surface area contributed by atoms with Crippen LogP contribution >= 0.6 is 11.3 Å². The molecule has 0 atom stereocenters. The van der Waals surface area contributed by atoms with Crippen molar-refractivity contribution in [3.63, 3.8) is 0 Å². The molecule has 3 heterocycles. The zero-order valence-corrected chi connectivity index (χ0v) is 27.6. The van der Waals surface area contributed by atoms with Crippen LogP contribution in [0.3, 0.4) is 0 Å². The largest absolute Gasteiger partial charge is 0.455 e. The summed E-state index contributed by atoms with van der Waals surface area (Å²) in [4.78, 5) is 15.6. The summed E-state index contributed by atoms with van der Waals surface area (Å²) >= 11 is 1.79. The van der Waals surface area contributed by atoms with Gasteiger partial charge in [0.2, 0.25) is 0 Å². The number of fused-ring (bicyclic) bond motifs is 6. The van der Waals surface area contributed by atoms with Crippen molar-refractivity contribution >= 4 is 53.4 Å². The number of hydrogen-bond acceptors (Lipinski definition) is 5. The number of benzene rings is 7. The fraction of sp³-hybridized carbons (Fsp3) is 0. The third kappa shape index (κ3) is 4.79. The monoisotopic (exact) mass is 657 g/mol. The number of aromatic nitrogens is 3. The maximum Gasteiger partial charge on any atom is 0.167 e. The van der Waals surface area contributed by atoms with Gasteiger partial charge in [-0.1, -0.05) is 133 Å². The summed E-state index contributed by atoms with van der Waals surface area (Å²) < 4.78 is 8.93. The van der Waals surface area contributed by atoms with Gasteiger partial charge in [0.05, 0.1) is 5.56 Å². The van der Waals surface area contributed by atoms with Crippen LogP contribution in [0.5, 0.6) is 0 Å². The Labute approximate surface area is 292 Å². The Bertz CT molecular complexity index is 2890. The number of nitrogens with zero attached hydrogens (tertiary/aromatic N) is 3. The first-order chi connectivity index (χ1) is 24.8. The highest BCUT2D eigenvalue weighted by Crippen LogP contribution is 2.39. The fourth-order valence-electron chi connectivity index (χ4n) is 6.96. The van der Waals surface area contributed by atoms with Gasteiger partial charge in [-0.25, -0.2) is 15.0 Å². The van der Waals surface area contributed by atoms with Crippen molar-refractivity contribution in [2.24, 2.45) is 0 Å². The molecule has 0 aliphatic carbocycles. The van der Waals surface area contributed by atoms with Crippen molar-refractivity contribution in [2.45, 2.75) is 0 Å². The van der Waals surface area contributed by atoms with E-state index in [9.17, 15) is 0 Å². The molecule has 0 unspecified atom stereocenters. The Kier molecular flexibility index (Phi) is 6.64. The van der Waals surface area contributed by atoms with Crippen LogP contribution in [0.1, 0.15) is 0 Å². The predicted molar refractivity (Wildman–Crippen MR) is 207 cm³/mol. The first-order valence-corrected chi connectivity index (χ1v) is 17.4. The quantitative estimate of drug-likeness (QED) is 0.185. The zero-order valence-electron chi connectivity index (χ0n) is 26.7. The number of thiophene rings is 1. The lowest BCUT2D eigenvalue weighted by Gasteiger charge is -2.13. The summed E-state index contributed by atoms with van der Waals surface area (Å²) in [5.41, 5.74) is 8.78. The molecule has 3 aromatic heterocycles. The summed E-state index contributed by atoms with van der Waals surface area (Å²) in [5.74, 6) is 1.79. The normalized spacial score (nSPS) is 11.6. The Morgan fingerprint density at radius 3 is 1.88 bits per heavy atom. The fourth-order valence-corrected chi connectivity index (χ4v) is 8.11. The average molecular weight is 658 g/mol. The Hall–Kier alpha value is -6.43. The number of rotatable bonds is 5. The van der Waals surface area contributed by atoms with E-state index < -0.39 is 0 Å². The van der Waals surface area contributed by atoms with Gasteiger partial charge in [0.1, 0.15) is 11.2 Å². The third-order valence-electron chi connectivity index (χ3n) is 9.37. The maximum atomic E-state index is 6.47. The van der Waals surface area contributed by atoms with Gasteiger partial charge in [-0.3, -0.25) is 0 Å². The van der Waals surface area contributed by atoms with Crippen LogP contribution in [-0.4, -0.2) is 15.0 Å². The maximum absolute atomic E-state index is 6.47. The topological polar surface area (TPSA) is 51.8 Å². The molecule has 234 valence electrons. The molecule has 0 aliphatic rings. The molecule has 4 nitrogen and oxygen atoms in total. The second-order valence-electron chi connectivity index (χ2n) is 12.4. The first-order valence-electron chi connectivity index (χ1n) is 16.6. The second kappa shape index (κ2) is 11.6. The minimum atomic E-state index is 0.568. The highest BCUT2D eigenvalue weighted by atomic mass is 32.1. The van der Waals surface area contributed by atoms with Crippen molar-refractivity contribution in [1.82, 2.24) is 15.0 Å². The lowest BCUT2D eigenvalue weighted by Crippen LogP contribution is -2.01. The van der Waals surface area contributed by atoms with Gasteiger partial charge >= 0.3 is 0 Å². The SMILES string of the molecule is c1ccc(-c2cccc(-c3ccccc3-c3nc(-c4ccc5c(c4)sc4ccccc45)nc(-c4cccc5c4oc4ccccc45)n3)c2)cc1. The highest BCUT2D eigenvalue weighted by Gasteiger charge is 2.20. The molecule has 5 heteroatoms.